The molecule has 0 aliphatic heterocycles. The quantitative estimate of drug-likeness (QED) is 0.0272. The summed E-state index contributed by atoms with van der Waals surface area (Å²) >= 11 is 0.628. The molecule has 0 saturated carbocycles. The lowest BCUT2D eigenvalue weighted by Gasteiger charge is -2.34. The normalized spacial score (nSPS) is 12.6. The van der Waals surface area contributed by atoms with Crippen LogP contribution in [-0.2, 0) is 41.3 Å². The van der Waals surface area contributed by atoms with Crippen LogP contribution >= 0.6 is 12.0 Å². The van der Waals surface area contributed by atoms with E-state index in [1.54, 1.807) is 78.9 Å². The van der Waals surface area contributed by atoms with Gasteiger partial charge in [0.1, 0.15) is 46.0 Å². The largest absolute Gasteiger partial charge is 0.497 e. The zero-order valence-corrected chi connectivity index (χ0v) is 42.4. The van der Waals surface area contributed by atoms with E-state index in [9.17, 15) is 26.2 Å². The summed E-state index contributed by atoms with van der Waals surface area (Å²) in [5.74, 6) is 1.60. The zero-order chi connectivity index (χ0) is 52.3. The maximum atomic E-state index is 13.9. The van der Waals surface area contributed by atoms with Gasteiger partial charge in [-0.3, -0.25) is 9.35 Å². The Labute approximate surface area is 437 Å². The van der Waals surface area contributed by atoms with E-state index in [-0.39, 0.29) is 39.0 Å². The molecule has 9 aromatic carbocycles. The molecule has 0 unspecified atom stereocenters. The second-order valence-electron chi connectivity index (χ2n) is 17.4. The Balaban J connectivity index is 0.899. The highest BCUT2D eigenvalue weighted by atomic mass is 32.2. The molecule has 9 aromatic rings. The Morgan fingerprint density at radius 3 is 1.63 bits per heavy atom. The Bertz CT molecular complexity index is 3740. The maximum absolute atomic E-state index is 13.9. The molecule has 0 radical (unpaired) electrons. The summed E-state index contributed by atoms with van der Waals surface area (Å²) in [5.41, 5.74) is 7.17. The van der Waals surface area contributed by atoms with Gasteiger partial charge < -0.3 is 18.9 Å². The molecule has 376 valence electrons. The Morgan fingerprint density at radius 2 is 1.05 bits per heavy atom. The second kappa shape index (κ2) is 21.0. The van der Waals surface area contributed by atoms with Crippen LogP contribution in [0.2, 0.25) is 0 Å². The van der Waals surface area contributed by atoms with Crippen molar-refractivity contribution < 1.29 is 59.8 Å². The molecule has 0 saturated heterocycles. The van der Waals surface area contributed by atoms with Crippen molar-refractivity contribution in [1.29, 1.82) is 0 Å². The molecular formula is C59H44O13S3. The van der Waals surface area contributed by atoms with Gasteiger partial charge in [0.2, 0.25) is 9.84 Å². The number of methoxy groups -OCH3 is 1. The van der Waals surface area contributed by atoms with Gasteiger partial charge in [0.15, 0.2) is 5.78 Å². The molecule has 0 bridgehead atoms. The van der Waals surface area contributed by atoms with Crippen molar-refractivity contribution in [3.8, 4) is 45.6 Å². The van der Waals surface area contributed by atoms with Crippen molar-refractivity contribution in [2.45, 2.75) is 38.5 Å². The summed E-state index contributed by atoms with van der Waals surface area (Å²) in [5, 5.41) is 13.0. The fourth-order valence-electron chi connectivity index (χ4n) is 9.25. The van der Waals surface area contributed by atoms with Crippen LogP contribution in [0.1, 0.15) is 49.3 Å². The summed E-state index contributed by atoms with van der Waals surface area (Å²) in [7, 11) is -7.05. The molecule has 2 N–H and O–H groups in total. The number of sulfone groups is 1. The van der Waals surface area contributed by atoms with Crippen LogP contribution in [0, 0.1) is 6.92 Å². The third kappa shape index (κ3) is 10.2. The van der Waals surface area contributed by atoms with E-state index in [4.69, 9.17) is 28.5 Å². The van der Waals surface area contributed by atoms with Gasteiger partial charge >= 0.3 is 0 Å². The molecule has 75 heavy (non-hydrogen) atoms. The molecule has 13 nitrogen and oxygen atoms in total. The number of carbonyl (C=O) groups excluding carboxylic acids is 1. The number of hydrogen-bond acceptors (Lipinski definition) is 13. The standard InChI is InChI=1S/C59H44O13S3/c1-38-11-30-49(31-12-38)74(62,63)50-32-28-47(29-33-50)69-46-22-18-43(19-23-46)59(53-9-5-3-7-51(53)52-8-4-6-10-54(52)59)42-16-20-45(21-17-42)68-37-41-14-13-39(35-56(41)73-72-71-61)58(60)40-15-34-55(57(36-40)75(64,65)66)70-48-26-24-44(67-2)25-27-48/h3-36,61H,37H2,1-2H3,(H,64,65,66). The van der Waals surface area contributed by atoms with Gasteiger partial charge in [-0.1, -0.05) is 108 Å². The van der Waals surface area contributed by atoms with E-state index < -0.39 is 36.0 Å². The Morgan fingerprint density at radius 1 is 0.560 bits per heavy atom. The summed E-state index contributed by atoms with van der Waals surface area (Å²) in [6.07, 6.45) is 0. The highest BCUT2D eigenvalue weighted by molar-refractivity contribution is 7.94. The fraction of sp³-hybridized carbons (Fsp3) is 0.0678. The number of carbonyl (C=O) groups is 1. The number of hydrogen-bond donors (Lipinski definition) is 2. The van der Waals surface area contributed by atoms with Gasteiger partial charge in [0, 0.05) is 21.6 Å². The molecule has 0 spiro atoms. The van der Waals surface area contributed by atoms with E-state index in [0.29, 0.717) is 45.5 Å². The number of benzene rings is 9. The summed E-state index contributed by atoms with van der Waals surface area (Å²) in [6, 6.07) is 60.2. The first-order valence-electron chi connectivity index (χ1n) is 23.1. The van der Waals surface area contributed by atoms with E-state index in [1.165, 1.54) is 31.4 Å². The Hall–Kier alpha value is -8.06. The molecule has 0 aromatic heterocycles. The molecule has 1 aliphatic rings. The number of ether oxygens (including phenoxy) is 4. The van der Waals surface area contributed by atoms with Crippen molar-refractivity contribution in [3.63, 3.8) is 0 Å². The minimum atomic E-state index is -4.84. The average Bonchev–Trinajstić information content (AvgIpc) is 3.73. The van der Waals surface area contributed by atoms with Gasteiger partial charge in [-0.2, -0.15) is 8.42 Å². The van der Waals surface area contributed by atoms with Crippen LogP contribution < -0.4 is 18.9 Å². The summed E-state index contributed by atoms with van der Waals surface area (Å²) < 4.78 is 90.0. The van der Waals surface area contributed by atoms with Crippen molar-refractivity contribution in [2.75, 3.05) is 7.11 Å². The number of aryl methyl sites for hydroxylation is 1. The van der Waals surface area contributed by atoms with Gasteiger partial charge in [0.25, 0.3) is 10.1 Å². The molecule has 10 rings (SSSR count). The number of rotatable bonds is 18. The van der Waals surface area contributed by atoms with Crippen molar-refractivity contribution in [2.24, 2.45) is 0 Å². The maximum Gasteiger partial charge on any atom is 0.298 e. The van der Waals surface area contributed by atoms with E-state index in [2.05, 4.69) is 29.3 Å². The molecule has 1 aliphatic carbocycles. The smallest absolute Gasteiger partial charge is 0.298 e. The SMILES string of the molecule is COc1ccc(Oc2ccc(C(=O)c3ccc(COc4ccc(C5(c6ccc(Oc7ccc(S(=O)(=O)c8ccc(C)cc8)cc7)cc6)c6ccccc6-c6ccccc65)cc4)c(SOOO)c3)cc2S(=O)(=O)O)cc1. The van der Waals surface area contributed by atoms with Gasteiger partial charge in [-0.15, -0.1) is 4.33 Å². The monoisotopic (exact) mass is 1060 g/mol. The van der Waals surface area contributed by atoms with Gasteiger partial charge in [0.05, 0.1) is 34.4 Å². The van der Waals surface area contributed by atoms with Crippen molar-refractivity contribution >= 4 is 37.8 Å². The summed E-state index contributed by atoms with van der Waals surface area (Å²) in [4.78, 5) is 14.0. The van der Waals surface area contributed by atoms with Crippen molar-refractivity contribution in [1.82, 2.24) is 0 Å². The lowest BCUT2D eigenvalue weighted by molar-refractivity contribution is -0.432. The highest BCUT2D eigenvalue weighted by Crippen LogP contribution is 2.56. The minimum Gasteiger partial charge on any atom is -0.497 e. The second-order valence-corrected chi connectivity index (χ2v) is 21.4. The topological polar surface area (TPSA) is 181 Å². The van der Waals surface area contributed by atoms with Crippen LogP contribution in [0.5, 0.6) is 34.5 Å². The molecule has 16 heteroatoms. The zero-order valence-electron chi connectivity index (χ0n) is 39.9. The van der Waals surface area contributed by atoms with Crippen molar-refractivity contribution in [3.05, 3.63) is 251 Å². The Kier molecular flexibility index (Phi) is 14.2. The third-order valence-corrected chi connectivity index (χ3v) is 16.2. The van der Waals surface area contributed by atoms with E-state index >= 15 is 0 Å². The lowest BCUT2D eigenvalue weighted by atomic mass is 9.68. The predicted molar refractivity (Wildman–Crippen MR) is 281 cm³/mol. The highest BCUT2D eigenvalue weighted by Gasteiger charge is 2.46. The predicted octanol–water partition coefficient (Wildman–Crippen LogP) is 13.3. The van der Waals surface area contributed by atoms with Crippen LogP contribution in [0.3, 0.4) is 0 Å². The van der Waals surface area contributed by atoms with Crippen LogP contribution in [-0.4, -0.2) is 39.5 Å². The molecule has 0 heterocycles. The molecule has 0 atom stereocenters. The van der Waals surface area contributed by atoms with Crippen LogP contribution in [0.25, 0.3) is 11.1 Å². The number of fused-ring (bicyclic) bond motifs is 3. The average molecular weight is 1060 g/mol. The van der Waals surface area contributed by atoms with E-state index in [1.807, 2.05) is 79.7 Å². The molecular weight excluding hydrogens is 1010 g/mol. The minimum absolute atomic E-state index is 0.00119. The first-order valence-corrected chi connectivity index (χ1v) is 26.8. The molecule has 0 amide bonds. The van der Waals surface area contributed by atoms with Crippen LogP contribution in [0.4, 0.5) is 0 Å². The third-order valence-electron chi connectivity index (χ3n) is 12.9. The first kappa shape index (κ1) is 50.5. The van der Waals surface area contributed by atoms with Crippen LogP contribution in [0.15, 0.2) is 226 Å². The van der Waals surface area contributed by atoms with Gasteiger partial charge in [-0.25, -0.2) is 13.7 Å². The van der Waals surface area contributed by atoms with Gasteiger partial charge in [-0.05, 0) is 149 Å². The lowest BCUT2D eigenvalue weighted by Crippen LogP contribution is -2.28. The molecule has 0 fully saturated rings. The first-order chi connectivity index (χ1) is 36.3. The number of ketones is 1. The summed E-state index contributed by atoms with van der Waals surface area (Å²) in [6.45, 7) is 1.90. The fourth-order valence-corrected chi connectivity index (χ4v) is 11.7. The van der Waals surface area contributed by atoms with E-state index in [0.717, 1.165) is 45.0 Å².